The number of nitrogens with zero attached hydrogens (tertiary/aromatic N) is 1. The van der Waals surface area contributed by atoms with Gasteiger partial charge in [-0.1, -0.05) is 77.3 Å². The minimum absolute atomic E-state index is 0.0716. The second-order valence-electron chi connectivity index (χ2n) is 12.3. The molecule has 1 N–H and O–H groups in total. The van der Waals surface area contributed by atoms with Gasteiger partial charge in [0.15, 0.2) is 0 Å². The van der Waals surface area contributed by atoms with Crippen molar-refractivity contribution < 1.29 is 19.1 Å². The minimum atomic E-state index is -0.829. The van der Waals surface area contributed by atoms with Gasteiger partial charge >= 0.3 is 5.97 Å². The molecule has 2 aromatic carbocycles. The Morgan fingerprint density at radius 3 is 2.42 bits per heavy atom. The summed E-state index contributed by atoms with van der Waals surface area (Å²) in [6.07, 6.45) is 7.65. The van der Waals surface area contributed by atoms with Crippen LogP contribution in [0.3, 0.4) is 0 Å². The van der Waals surface area contributed by atoms with Crippen LogP contribution in [0.25, 0.3) is 16.8 Å². The highest BCUT2D eigenvalue weighted by Gasteiger charge is 2.25. The Morgan fingerprint density at radius 2 is 1.77 bits per heavy atom. The lowest BCUT2D eigenvalue weighted by molar-refractivity contribution is -0.142. The van der Waals surface area contributed by atoms with Crippen molar-refractivity contribution in [1.29, 1.82) is 0 Å². The van der Waals surface area contributed by atoms with Crippen molar-refractivity contribution in [2.45, 2.75) is 70.8 Å². The van der Waals surface area contributed by atoms with Gasteiger partial charge in [-0.15, -0.1) is 11.3 Å². The summed E-state index contributed by atoms with van der Waals surface area (Å²) >= 11 is 1.53. The highest BCUT2D eigenvalue weighted by atomic mass is 32.1. The quantitative estimate of drug-likeness (QED) is 0.186. The first-order chi connectivity index (χ1) is 20.6. The maximum Gasteiger partial charge on any atom is 0.328 e. The van der Waals surface area contributed by atoms with Gasteiger partial charge in [0.1, 0.15) is 23.2 Å². The number of pyridine rings is 1. The van der Waals surface area contributed by atoms with Crippen molar-refractivity contribution in [2.24, 2.45) is 5.92 Å². The van der Waals surface area contributed by atoms with Crippen LogP contribution in [-0.4, -0.2) is 30.0 Å². The largest absolute Gasteiger partial charge is 0.467 e. The van der Waals surface area contributed by atoms with E-state index in [4.69, 9.17) is 14.5 Å². The van der Waals surface area contributed by atoms with Crippen molar-refractivity contribution in [2.75, 3.05) is 7.11 Å². The van der Waals surface area contributed by atoms with Crippen LogP contribution in [-0.2, 0) is 27.8 Å². The molecule has 1 unspecified atom stereocenters. The first kappa shape index (κ1) is 30.5. The zero-order valence-electron chi connectivity index (χ0n) is 25.4. The summed E-state index contributed by atoms with van der Waals surface area (Å²) in [5.74, 6) is 1.14. The molecular formula is C36H40N2O4S. The molecule has 5 rings (SSSR count). The highest BCUT2D eigenvalue weighted by Crippen LogP contribution is 2.33. The fraction of sp³-hybridized carbons (Fsp3) is 0.361. The number of methoxy groups -OCH3 is 1. The van der Waals surface area contributed by atoms with Gasteiger partial charge in [-0.3, -0.25) is 4.79 Å². The van der Waals surface area contributed by atoms with Crippen LogP contribution in [0.2, 0.25) is 0 Å². The Morgan fingerprint density at radius 1 is 1.05 bits per heavy atom. The predicted octanol–water partition coefficient (Wildman–Crippen LogP) is 8.28. The zero-order chi connectivity index (χ0) is 30.6. The van der Waals surface area contributed by atoms with Crippen LogP contribution in [0.5, 0.6) is 11.5 Å². The van der Waals surface area contributed by atoms with E-state index >= 15 is 0 Å². The van der Waals surface area contributed by atoms with E-state index in [1.54, 1.807) is 12.1 Å². The van der Waals surface area contributed by atoms with Crippen LogP contribution in [0.1, 0.15) is 78.0 Å². The topological polar surface area (TPSA) is 77.5 Å². The zero-order valence-corrected chi connectivity index (χ0v) is 26.3. The summed E-state index contributed by atoms with van der Waals surface area (Å²) in [5.41, 5.74) is 2.49. The Bertz CT molecular complexity index is 1610. The molecule has 43 heavy (non-hydrogen) atoms. The van der Waals surface area contributed by atoms with Gasteiger partial charge in [0.25, 0.3) is 5.91 Å². The number of esters is 1. The fourth-order valence-electron chi connectivity index (χ4n) is 5.66. The molecule has 224 valence electrons. The molecule has 1 fully saturated rings. The summed E-state index contributed by atoms with van der Waals surface area (Å²) in [6, 6.07) is 19.0. The number of nitrogens with one attached hydrogen (secondary N) is 1. The van der Waals surface area contributed by atoms with Crippen molar-refractivity contribution in [3.8, 4) is 11.5 Å². The molecule has 0 bridgehead atoms. The van der Waals surface area contributed by atoms with E-state index in [1.807, 2.05) is 42.5 Å². The van der Waals surface area contributed by atoms with Gasteiger partial charge < -0.3 is 14.8 Å². The number of benzene rings is 2. The highest BCUT2D eigenvalue weighted by molar-refractivity contribution is 7.12. The lowest BCUT2D eigenvalue weighted by atomic mass is 9.87. The molecule has 4 aromatic rings. The van der Waals surface area contributed by atoms with Gasteiger partial charge in [0.05, 0.1) is 7.11 Å². The first-order valence-corrected chi connectivity index (χ1v) is 15.8. The number of amides is 1. The third-order valence-electron chi connectivity index (χ3n) is 8.11. The van der Waals surface area contributed by atoms with Crippen LogP contribution in [0.4, 0.5) is 0 Å². The summed E-state index contributed by atoms with van der Waals surface area (Å²) in [6.45, 7) is 10.4. The number of hydrogen-bond donors (Lipinski definition) is 1. The van der Waals surface area contributed by atoms with E-state index < -0.39 is 17.9 Å². The lowest BCUT2D eigenvalue weighted by Gasteiger charge is -2.19. The SMILES string of the molecule is C=Cc1ccc(CC(NC(=O)c2cc3ccc(Oc4ccc(C(C)(C)C)cc4)cc3c(CC3CCCC3)n2)C(=O)OC)s1. The van der Waals surface area contributed by atoms with E-state index in [0.29, 0.717) is 18.0 Å². The average molecular weight is 597 g/mol. The summed E-state index contributed by atoms with van der Waals surface area (Å²) in [4.78, 5) is 33.0. The number of rotatable bonds is 10. The summed E-state index contributed by atoms with van der Waals surface area (Å²) in [5, 5.41) is 4.77. The van der Waals surface area contributed by atoms with Crippen molar-refractivity contribution in [3.05, 3.63) is 93.9 Å². The van der Waals surface area contributed by atoms with Gasteiger partial charge in [-0.25, -0.2) is 9.78 Å². The minimum Gasteiger partial charge on any atom is -0.467 e. The lowest BCUT2D eigenvalue weighted by Crippen LogP contribution is -2.43. The second-order valence-corrected chi connectivity index (χ2v) is 13.5. The maximum absolute atomic E-state index is 13.5. The molecule has 1 saturated carbocycles. The van der Waals surface area contributed by atoms with Crippen LogP contribution < -0.4 is 10.1 Å². The van der Waals surface area contributed by atoms with Crippen molar-refractivity contribution in [3.63, 3.8) is 0 Å². The Balaban J connectivity index is 1.42. The van der Waals surface area contributed by atoms with Gasteiger partial charge in [0.2, 0.25) is 0 Å². The number of carbonyl (C=O) groups is 2. The molecule has 1 amide bonds. The molecule has 1 aliphatic carbocycles. The van der Waals surface area contributed by atoms with Crippen LogP contribution >= 0.6 is 11.3 Å². The molecule has 1 atom stereocenters. The molecule has 6 nitrogen and oxygen atoms in total. The monoisotopic (exact) mass is 596 g/mol. The predicted molar refractivity (Wildman–Crippen MR) is 174 cm³/mol. The number of ether oxygens (including phenoxy) is 2. The maximum atomic E-state index is 13.5. The summed E-state index contributed by atoms with van der Waals surface area (Å²) in [7, 11) is 1.33. The molecule has 7 heteroatoms. The molecule has 2 heterocycles. The number of thiophene rings is 1. The molecule has 0 radical (unpaired) electrons. The Hall–Kier alpha value is -3.97. The smallest absolute Gasteiger partial charge is 0.328 e. The van der Waals surface area contributed by atoms with Gasteiger partial charge in [-0.2, -0.15) is 0 Å². The number of aromatic nitrogens is 1. The van der Waals surface area contributed by atoms with Crippen molar-refractivity contribution in [1.82, 2.24) is 10.3 Å². The van der Waals surface area contributed by atoms with Crippen LogP contribution in [0, 0.1) is 5.92 Å². The number of fused-ring (bicyclic) bond motifs is 1. The second kappa shape index (κ2) is 13.1. The third kappa shape index (κ3) is 7.52. The standard InChI is InChI=1S/C36H40N2O4S/c1-6-28-17-18-29(43-28)22-33(35(40)41-5)38-34(39)32-20-24-11-14-27(42-26-15-12-25(13-16-26)36(2,3)4)21-30(24)31(37-32)19-23-9-7-8-10-23/h6,11-18,20-21,23,33H,1,7-10,19,22H2,2-5H3,(H,38,39). The van der Waals surface area contributed by atoms with Gasteiger partial charge in [-0.05, 0) is 71.2 Å². The van der Waals surface area contributed by atoms with E-state index in [0.717, 1.165) is 57.0 Å². The number of carbonyl (C=O) groups excluding carboxylic acids is 2. The Labute approximate surface area is 258 Å². The first-order valence-electron chi connectivity index (χ1n) is 14.9. The van der Waals surface area contributed by atoms with E-state index in [1.165, 1.54) is 36.9 Å². The molecule has 0 spiro atoms. The molecule has 0 aliphatic heterocycles. The summed E-state index contributed by atoms with van der Waals surface area (Å²) < 4.78 is 11.3. The third-order valence-corrected chi connectivity index (χ3v) is 9.21. The van der Waals surface area contributed by atoms with Crippen LogP contribution in [0.15, 0.2) is 67.2 Å². The van der Waals surface area contributed by atoms with Gasteiger partial charge in [0, 0.05) is 27.3 Å². The average Bonchev–Trinajstić information content (AvgIpc) is 3.68. The number of hydrogen-bond acceptors (Lipinski definition) is 6. The fourth-order valence-corrected chi connectivity index (χ4v) is 6.57. The van der Waals surface area contributed by atoms with E-state index in [-0.39, 0.29) is 5.41 Å². The van der Waals surface area contributed by atoms with Crippen molar-refractivity contribution >= 4 is 40.1 Å². The molecule has 1 aliphatic rings. The molecule has 0 saturated heterocycles. The van der Waals surface area contributed by atoms with E-state index in [2.05, 4.69) is 44.8 Å². The molecule has 2 aromatic heterocycles. The molecular weight excluding hydrogens is 556 g/mol. The van der Waals surface area contributed by atoms with E-state index in [9.17, 15) is 9.59 Å². The normalized spacial score (nSPS) is 14.4. The Kier molecular flexibility index (Phi) is 9.31.